The lowest BCUT2D eigenvalue weighted by molar-refractivity contribution is 0.477. The third-order valence-corrected chi connectivity index (χ3v) is 2.67. The molecule has 0 aromatic heterocycles. The maximum absolute atomic E-state index is 5.55. The first-order chi connectivity index (χ1) is 4.95. The van der Waals surface area contributed by atoms with Gasteiger partial charge in [0, 0.05) is 11.3 Å². The first-order valence-corrected chi connectivity index (χ1v) is 5.13. The summed E-state index contributed by atoms with van der Waals surface area (Å²) in [6.45, 7) is 6.33. The molecule has 0 N–H and O–H groups in total. The van der Waals surface area contributed by atoms with Crippen molar-refractivity contribution in [2.75, 3.05) is 5.88 Å². The Morgan fingerprint density at radius 2 is 1.55 bits per heavy atom. The Morgan fingerprint density at radius 1 is 1.27 bits per heavy atom. The number of rotatable bonds is 0. The second-order valence-electron chi connectivity index (χ2n) is 4.22. The van der Waals surface area contributed by atoms with Gasteiger partial charge in [0.15, 0.2) is 0 Å². The quantitative estimate of drug-likeness (QED) is 0.514. The van der Waals surface area contributed by atoms with Gasteiger partial charge in [0.25, 0.3) is 0 Å². The van der Waals surface area contributed by atoms with Gasteiger partial charge >= 0.3 is 0 Å². The van der Waals surface area contributed by atoms with Crippen molar-refractivity contribution in [3.8, 4) is 0 Å². The molecule has 0 bridgehead atoms. The molecule has 1 aliphatic carbocycles. The highest BCUT2D eigenvalue weighted by atomic mass is 35.5. The fraction of sp³-hybridized carbons (Fsp3) is 1.00. The minimum atomic E-state index is 0.307. The fourth-order valence-electron chi connectivity index (χ4n) is 0.358. The summed E-state index contributed by atoms with van der Waals surface area (Å²) in [6.07, 6.45) is 3.86. The maximum atomic E-state index is 5.55. The van der Waals surface area contributed by atoms with E-state index in [0.29, 0.717) is 10.8 Å². The van der Waals surface area contributed by atoms with Crippen LogP contribution < -0.4 is 0 Å². The topological polar surface area (TPSA) is 0 Å². The zero-order valence-corrected chi connectivity index (χ0v) is 9.17. The van der Waals surface area contributed by atoms with E-state index in [0.717, 1.165) is 5.88 Å². The average molecular weight is 197 g/mol. The van der Waals surface area contributed by atoms with E-state index in [-0.39, 0.29) is 0 Å². The Labute approximate surface area is 80.3 Å². The van der Waals surface area contributed by atoms with Crippen molar-refractivity contribution in [3.63, 3.8) is 0 Å². The average Bonchev–Trinajstić information content (AvgIpc) is 1.84. The molecule has 68 valence electrons. The van der Waals surface area contributed by atoms with Gasteiger partial charge in [0.1, 0.15) is 0 Å². The van der Waals surface area contributed by atoms with Gasteiger partial charge in [-0.3, -0.25) is 0 Å². The van der Waals surface area contributed by atoms with E-state index in [1.807, 2.05) is 0 Å². The van der Waals surface area contributed by atoms with Gasteiger partial charge in [-0.05, 0) is 18.3 Å². The summed E-state index contributed by atoms with van der Waals surface area (Å²) < 4.78 is 0. The molecule has 0 saturated heterocycles. The molecule has 0 aliphatic heterocycles. The monoisotopic (exact) mass is 196 g/mol. The van der Waals surface area contributed by atoms with Crippen LogP contribution in [0.5, 0.6) is 0 Å². The highest BCUT2D eigenvalue weighted by molar-refractivity contribution is 6.21. The van der Waals surface area contributed by atoms with E-state index in [1.165, 1.54) is 19.3 Å². The van der Waals surface area contributed by atoms with Crippen molar-refractivity contribution in [1.29, 1.82) is 0 Å². The smallest absolute Gasteiger partial charge is 0.0336 e. The van der Waals surface area contributed by atoms with Crippen molar-refractivity contribution in [2.24, 2.45) is 5.41 Å². The van der Waals surface area contributed by atoms with Crippen LogP contribution in [0.15, 0.2) is 0 Å². The van der Waals surface area contributed by atoms with Crippen molar-refractivity contribution in [3.05, 3.63) is 0 Å². The Balaban J connectivity index is 0.000000183. The normalized spacial score (nSPS) is 18.3. The Morgan fingerprint density at radius 3 is 1.55 bits per heavy atom. The molecule has 0 aromatic rings. The number of hydrogen-bond donors (Lipinski definition) is 0. The lowest BCUT2D eigenvalue weighted by Gasteiger charge is -2.16. The predicted octanol–water partition coefficient (Wildman–Crippen LogP) is 4.05. The van der Waals surface area contributed by atoms with Crippen LogP contribution in [0.4, 0.5) is 0 Å². The summed E-state index contributed by atoms with van der Waals surface area (Å²) in [5, 5.41) is 0.537. The van der Waals surface area contributed by atoms with E-state index in [1.54, 1.807) is 0 Å². The standard InChI is InChI=1S/C5H11Cl.C4H7Cl/c1-5(2,3)4-6;5-4-2-1-3-4/h4H2,1-3H3;4H,1-3H2. The highest BCUT2D eigenvalue weighted by Gasteiger charge is 2.11. The number of hydrogen-bond acceptors (Lipinski definition) is 0. The van der Waals surface area contributed by atoms with E-state index in [2.05, 4.69) is 20.8 Å². The van der Waals surface area contributed by atoms with Crippen LogP contribution in [0, 0.1) is 5.41 Å². The van der Waals surface area contributed by atoms with Crippen LogP contribution >= 0.6 is 23.2 Å². The highest BCUT2D eigenvalue weighted by Crippen LogP contribution is 2.23. The molecule has 2 heteroatoms. The molecule has 1 fully saturated rings. The molecule has 1 saturated carbocycles. The van der Waals surface area contributed by atoms with E-state index in [4.69, 9.17) is 23.2 Å². The summed E-state index contributed by atoms with van der Waals surface area (Å²) in [6, 6.07) is 0. The van der Waals surface area contributed by atoms with Crippen molar-refractivity contribution in [1.82, 2.24) is 0 Å². The molecule has 1 rings (SSSR count). The molecule has 0 radical (unpaired) electrons. The second-order valence-corrected chi connectivity index (χ2v) is 5.11. The minimum Gasteiger partial charge on any atom is -0.126 e. The molecule has 1 aliphatic rings. The van der Waals surface area contributed by atoms with Gasteiger partial charge in [-0.15, -0.1) is 23.2 Å². The van der Waals surface area contributed by atoms with Gasteiger partial charge < -0.3 is 0 Å². The van der Waals surface area contributed by atoms with Crippen LogP contribution in [0.3, 0.4) is 0 Å². The van der Waals surface area contributed by atoms with Gasteiger partial charge in [0.05, 0.1) is 0 Å². The third kappa shape index (κ3) is 8.49. The molecule has 0 heterocycles. The molecule has 0 unspecified atom stereocenters. The summed E-state index contributed by atoms with van der Waals surface area (Å²) >= 11 is 11.0. The Kier molecular flexibility index (Phi) is 5.54. The van der Waals surface area contributed by atoms with Gasteiger partial charge in [0.2, 0.25) is 0 Å². The zero-order valence-electron chi connectivity index (χ0n) is 7.66. The number of halogens is 2. The van der Waals surface area contributed by atoms with Crippen LogP contribution in [0.2, 0.25) is 0 Å². The predicted molar refractivity (Wildman–Crippen MR) is 53.7 cm³/mol. The van der Waals surface area contributed by atoms with Gasteiger partial charge in [-0.2, -0.15) is 0 Å². The fourth-order valence-corrected chi connectivity index (χ4v) is 0.667. The van der Waals surface area contributed by atoms with E-state index >= 15 is 0 Å². The minimum absolute atomic E-state index is 0.307. The molecule has 0 amide bonds. The first kappa shape index (κ1) is 11.6. The molecule has 11 heavy (non-hydrogen) atoms. The maximum Gasteiger partial charge on any atom is 0.0336 e. The van der Waals surface area contributed by atoms with Gasteiger partial charge in [-0.25, -0.2) is 0 Å². The van der Waals surface area contributed by atoms with Crippen LogP contribution in [-0.2, 0) is 0 Å². The summed E-state index contributed by atoms with van der Waals surface area (Å²) in [4.78, 5) is 0. The lowest BCUT2D eigenvalue weighted by atomic mass is 10.0. The van der Waals surface area contributed by atoms with Crippen molar-refractivity contribution >= 4 is 23.2 Å². The van der Waals surface area contributed by atoms with E-state index < -0.39 is 0 Å². The van der Waals surface area contributed by atoms with Crippen molar-refractivity contribution < 1.29 is 0 Å². The van der Waals surface area contributed by atoms with Gasteiger partial charge in [-0.1, -0.05) is 27.2 Å². The molecule has 0 aromatic carbocycles. The Hall–Kier alpha value is 0.580. The van der Waals surface area contributed by atoms with Crippen LogP contribution in [0.1, 0.15) is 40.0 Å². The molecular formula is C9H18Cl2. The van der Waals surface area contributed by atoms with E-state index in [9.17, 15) is 0 Å². The summed E-state index contributed by atoms with van der Waals surface area (Å²) in [5.74, 6) is 0.743. The molecule has 0 spiro atoms. The Bertz CT molecular complexity index is 90.2. The molecule has 0 nitrogen and oxygen atoms in total. The summed E-state index contributed by atoms with van der Waals surface area (Å²) in [5.41, 5.74) is 0.307. The third-order valence-electron chi connectivity index (χ3n) is 1.44. The largest absolute Gasteiger partial charge is 0.126 e. The lowest BCUT2D eigenvalue weighted by Crippen LogP contribution is -2.08. The van der Waals surface area contributed by atoms with Crippen LogP contribution in [0.25, 0.3) is 0 Å². The second kappa shape index (κ2) is 5.27. The molecule has 0 atom stereocenters. The molecular weight excluding hydrogens is 179 g/mol. The van der Waals surface area contributed by atoms with Crippen LogP contribution in [-0.4, -0.2) is 11.3 Å². The zero-order chi connectivity index (χ0) is 8.91. The SMILES string of the molecule is CC(C)(C)CCl.ClC1CCC1. The summed E-state index contributed by atoms with van der Waals surface area (Å²) in [7, 11) is 0. The van der Waals surface area contributed by atoms with Crippen molar-refractivity contribution in [2.45, 2.75) is 45.4 Å². The number of alkyl halides is 2. The first-order valence-electron chi connectivity index (χ1n) is 4.16.